The molecule has 0 bridgehead atoms. The molecular weight excluding hydrogens is 106 g/mol. The maximum Gasteiger partial charge on any atom is 0.0782 e. The molecule has 0 aliphatic carbocycles. The fourth-order valence-corrected chi connectivity index (χ4v) is 0.937. The molecule has 1 unspecified atom stereocenters. The molecule has 1 aliphatic heterocycles. The van der Waals surface area contributed by atoms with Crippen molar-refractivity contribution in [1.82, 2.24) is 5.32 Å². The van der Waals surface area contributed by atoms with Crippen LogP contribution in [0.2, 0.25) is 0 Å². The molecular formula is C5H9NS. The Balaban J connectivity index is 2.48. The molecule has 0 radical (unpaired) electrons. The van der Waals surface area contributed by atoms with Crippen molar-refractivity contribution < 1.29 is 0 Å². The lowest BCUT2D eigenvalue weighted by Crippen LogP contribution is -2.14. The van der Waals surface area contributed by atoms with Crippen molar-refractivity contribution in [2.24, 2.45) is 5.92 Å². The minimum Gasteiger partial charge on any atom is -0.379 e. The summed E-state index contributed by atoms with van der Waals surface area (Å²) in [4.78, 5) is 1.04. The number of hydrogen-bond donors (Lipinski definition) is 1. The average Bonchev–Trinajstić information content (AvgIpc) is 1.91. The molecule has 0 aromatic carbocycles. The molecule has 1 nitrogen and oxygen atoms in total. The summed E-state index contributed by atoms with van der Waals surface area (Å²) in [6, 6.07) is 0. The summed E-state index contributed by atoms with van der Waals surface area (Å²) >= 11 is 4.93. The van der Waals surface area contributed by atoms with Gasteiger partial charge in [0, 0.05) is 12.5 Å². The van der Waals surface area contributed by atoms with Gasteiger partial charge < -0.3 is 5.32 Å². The van der Waals surface area contributed by atoms with E-state index in [-0.39, 0.29) is 0 Å². The first-order valence-corrected chi connectivity index (χ1v) is 2.99. The standard InChI is InChI=1S/C5H9NS/c1-4-2-3-6-5(4)7/h4H,2-3H2,1H3,(H,6,7). The van der Waals surface area contributed by atoms with Crippen molar-refractivity contribution >= 4 is 17.2 Å². The second-order valence-corrected chi connectivity index (χ2v) is 2.42. The molecule has 2 heteroatoms. The lowest BCUT2D eigenvalue weighted by Gasteiger charge is -1.94. The number of nitrogens with one attached hydrogen (secondary N) is 1. The van der Waals surface area contributed by atoms with Gasteiger partial charge in [-0.15, -0.1) is 0 Å². The molecule has 1 heterocycles. The molecule has 0 aromatic rings. The van der Waals surface area contributed by atoms with Crippen LogP contribution in [0.15, 0.2) is 0 Å². The highest BCUT2D eigenvalue weighted by atomic mass is 32.1. The molecule has 7 heavy (non-hydrogen) atoms. The van der Waals surface area contributed by atoms with Gasteiger partial charge in [-0.1, -0.05) is 19.1 Å². The first-order chi connectivity index (χ1) is 3.30. The van der Waals surface area contributed by atoms with Crippen molar-refractivity contribution in [3.63, 3.8) is 0 Å². The zero-order valence-corrected chi connectivity index (χ0v) is 5.22. The van der Waals surface area contributed by atoms with E-state index in [9.17, 15) is 0 Å². The molecule has 1 fully saturated rings. The van der Waals surface area contributed by atoms with Crippen molar-refractivity contribution in [2.45, 2.75) is 13.3 Å². The Labute approximate surface area is 49.1 Å². The van der Waals surface area contributed by atoms with Crippen LogP contribution in [-0.2, 0) is 0 Å². The maximum absolute atomic E-state index is 4.93. The molecule has 1 atom stereocenters. The van der Waals surface area contributed by atoms with E-state index in [1.165, 1.54) is 6.42 Å². The fraction of sp³-hybridized carbons (Fsp3) is 0.800. The second-order valence-electron chi connectivity index (χ2n) is 1.98. The minimum atomic E-state index is 0.634. The Morgan fingerprint density at radius 2 is 2.57 bits per heavy atom. The summed E-state index contributed by atoms with van der Waals surface area (Å²) in [5, 5.41) is 3.10. The number of hydrogen-bond acceptors (Lipinski definition) is 1. The van der Waals surface area contributed by atoms with E-state index in [0.717, 1.165) is 11.5 Å². The fourth-order valence-electron chi connectivity index (χ4n) is 0.717. The van der Waals surface area contributed by atoms with Crippen LogP contribution in [0.25, 0.3) is 0 Å². The molecule has 1 saturated heterocycles. The van der Waals surface area contributed by atoms with Gasteiger partial charge in [-0.25, -0.2) is 0 Å². The van der Waals surface area contributed by atoms with Gasteiger partial charge in [0.25, 0.3) is 0 Å². The van der Waals surface area contributed by atoms with Crippen LogP contribution in [0.3, 0.4) is 0 Å². The summed E-state index contributed by atoms with van der Waals surface area (Å²) < 4.78 is 0. The van der Waals surface area contributed by atoms with Gasteiger partial charge in [0.15, 0.2) is 0 Å². The third-order valence-electron chi connectivity index (χ3n) is 1.32. The molecule has 1 aliphatic rings. The Morgan fingerprint density at radius 3 is 2.71 bits per heavy atom. The Bertz CT molecular complexity index is 90.1. The predicted octanol–water partition coefficient (Wildman–Crippen LogP) is 0.943. The molecule has 40 valence electrons. The van der Waals surface area contributed by atoms with Crippen molar-refractivity contribution in [3.05, 3.63) is 0 Å². The van der Waals surface area contributed by atoms with Gasteiger partial charge in [0.1, 0.15) is 0 Å². The largest absolute Gasteiger partial charge is 0.379 e. The van der Waals surface area contributed by atoms with Crippen LogP contribution in [0.1, 0.15) is 13.3 Å². The van der Waals surface area contributed by atoms with E-state index >= 15 is 0 Å². The van der Waals surface area contributed by atoms with Crippen LogP contribution in [-0.4, -0.2) is 11.5 Å². The summed E-state index contributed by atoms with van der Waals surface area (Å²) in [5.41, 5.74) is 0. The smallest absolute Gasteiger partial charge is 0.0782 e. The van der Waals surface area contributed by atoms with Gasteiger partial charge >= 0.3 is 0 Å². The Kier molecular flexibility index (Phi) is 1.28. The van der Waals surface area contributed by atoms with Gasteiger partial charge in [-0.3, -0.25) is 0 Å². The predicted molar refractivity (Wildman–Crippen MR) is 34.4 cm³/mol. The lowest BCUT2D eigenvalue weighted by atomic mass is 10.2. The second kappa shape index (κ2) is 1.78. The highest BCUT2D eigenvalue weighted by Gasteiger charge is 2.13. The highest BCUT2D eigenvalue weighted by Crippen LogP contribution is 2.07. The summed E-state index contributed by atoms with van der Waals surface area (Å²) in [7, 11) is 0. The third kappa shape index (κ3) is 0.911. The van der Waals surface area contributed by atoms with Gasteiger partial charge in [-0.2, -0.15) is 0 Å². The Hall–Kier alpha value is -0.110. The highest BCUT2D eigenvalue weighted by molar-refractivity contribution is 7.80. The third-order valence-corrected chi connectivity index (χ3v) is 1.87. The first kappa shape index (κ1) is 5.04. The average molecular weight is 115 g/mol. The van der Waals surface area contributed by atoms with Crippen LogP contribution in [0.4, 0.5) is 0 Å². The normalized spacial score (nSPS) is 30.4. The SMILES string of the molecule is CC1CCNC1=S. The molecule has 1 N–H and O–H groups in total. The van der Waals surface area contributed by atoms with E-state index in [2.05, 4.69) is 12.2 Å². The van der Waals surface area contributed by atoms with Crippen molar-refractivity contribution in [3.8, 4) is 0 Å². The van der Waals surface area contributed by atoms with E-state index in [1.54, 1.807) is 0 Å². The molecule has 0 aromatic heterocycles. The summed E-state index contributed by atoms with van der Waals surface area (Å²) in [5.74, 6) is 0.634. The molecule has 0 saturated carbocycles. The van der Waals surface area contributed by atoms with Gasteiger partial charge in [0.2, 0.25) is 0 Å². The monoisotopic (exact) mass is 115 g/mol. The minimum absolute atomic E-state index is 0.634. The van der Waals surface area contributed by atoms with E-state index in [0.29, 0.717) is 5.92 Å². The van der Waals surface area contributed by atoms with Gasteiger partial charge in [0.05, 0.1) is 4.99 Å². The number of thiocarbonyl (C=S) groups is 1. The summed E-state index contributed by atoms with van der Waals surface area (Å²) in [6.07, 6.45) is 1.22. The van der Waals surface area contributed by atoms with Crippen LogP contribution in [0.5, 0.6) is 0 Å². The molecule has 1 rings (SSSR count). The van der Waals surface area contributed by atoms with Crippen molar-refractivity contribution in [2.75, 3.05) is 6.54 Å². The topological polar surface area (TPSA) is 12.0 Å². The quantitative estimate of drug-likeness (QED) is 0.472. The Morgan fingerprint density at radius 1 is 1.86 bits per heavy atom. The van der Waals surface area contributed by atoms with Crippen LogP contribution >= 0.6 is 12.2 Å². The molecule has 0 spiro atoms. The molecule has 0 amide bonds. The van der Waals surface area contributed by atoms with E-state index in [1.807, 2.05) is 0 Å². The van der Waals surface area contributed by atoms with Crippen LogP contribution < -0.4 is 5.32 Å². The van der Waals surface area contributed by atoms with E-state index < -0.39 is 0 Å². The summed E-state index contributed by atoms with van der Waals surface area (Å²) in [6.45, 7) is 3.24. The van der Waals surface area contributed by atoms with E-state index in [4.69, 9.17) is 12.2 Å². The van der Waals surface area contributed by atoms with Crippen molar-refractivity contribution in [1.29, 1.82) is 0 Å². The lowest BCUT2D eigenvalue weighted by molar-refractivity contribution is 0.759. The first-order valence-electron chi connectivity index (χ1n) is 2.58. The maximum atomic E-state index is 4.93. The zero-order valence-electron chi connectivity index (χ0n) is 4.40. The zero-order chi connectivity index (χ0) is 5.28. The van der Waals surface area contributed by atoms with Gasteiger partial charge in [-0.05, 0) is 6.42 Å². The number of rotatable bonds is 0. The van der Waals surface area contributed by atoms with Crippen LogP contribution in [0, 0.1) is 5.92 Å².